The maximum atomic E-state index is 13.3. The summed E-state index contributed by atoms with van der Waals surface area (Å²) in [5.41, 5.74) is 3.01. The van der Waals surface area contributed by atoms with Gasteiger partial charge in [0.1, 0.15) is 11.5 Å². The highest BCUT2D eigenvalue weighted by atomic mass is 16.5. The van der Waals surface area contributed by atoms with E-state index in [1.165, 1.54) is 5.56 Å². The van der Waals surface area contributed by atoms with Crippen molar-refractivity contribution in [2.45, 2.75) is 52.2 Å². The SMILES string of the molecule is CCN(Cc1ccc(C(=O)N2CCCC2c2ccc(OC)cc2OC)cc1)C(C)C. The molecule has 1 heterocycles. The molecule has 1 saturated heterocycles. The molecule has 30 heavy (non-hydrogen) atoms. The Labute approximate surface area is 180 Å². The number of amides is 1. The zero-order chi connectivity index (χ0) is 21.7. The average Bonchev–Trinajstić information content (AvgIpc) is 3.26. The van der Waals surface area contributed by atoms with Gasteiger partial charge in [-0.2, -0.15) is 0 Å². The lowest BCUT2D eigenvalue weighted by atomic mass is 10.0. The van der Waals surface area contributed by atoms with Gasteiger partial charge in [-0.25, -0.2) is 0 Å². The molecule has 2 aromatic carbocycles. The molecule has 0 bridgehead atoms. The molecular formula is C25H34N2O3. The predicted molar refractivity (Wildman–Crippen MR) is 120 cm³/mol. The number of rotatable bonds is 8. The van der Waals surface area contributed by atoms with Gasteiger partial charge in [0.15, 0.2) is 0 Å². The van der Waals surface area contributed by atoms with Crippen LogP contribution in [-0.4, -0.2) is 49.1 Å². The van der Waals surface area contributed by atoms with E-state index in [1.807, 2.05) is 35.2 Å². The van der Waals surface area contributed by atoms with Gasteiger partial charge in [-0.1, -0.05) is 19.1 Å². The number of carbonyl (C=O) groups is 1. The van der Waals surface area contributed by atoms with E-state index in [4.69, 9.17) is 9.47 Å². The zero-order valence-corrected chi connectivity index (χ0v) is 18.9. The molecular weight excluding hydrogens is 376 g/mol. The Morgan fingerprint density at radius 3 is 2.47 bits per heavy atom. The monoisotopic (exact) mass is 410 g/mol. The minimum Gasteiger partial charge on any atom is -0.497 e. The van der Waals surface area contributed by atoms with Crippen molar-refractivity contribution < 1.29 is 14.3 Å². The lowest BCUT2D eigenvalue weighted by molar-refractivity contribution is 0.0734. The first kappa shape index (κ1) is 22.2. The average molecular weight is 411 g/mol. The standard InChI is InChI=1S/C25H34N2O3/c1-6-26(18(2)3)17-19-9-11-20(12-10-19)25(28)27-15-7-8-23(27)22-14-13-21(29-4)16-24(22)30-5/h9-14,16,18,23H,6-8,15,17H2,1-5H3. The molecule has 162 valence electrons. The third-order valence-corrected chi connectivity index (χ3v) is 6.04. The van der Waals surface area contributed by atoms with Crippen LogP contribution in [0, 0.1) is 0 Å². The van der Waals surface area contributed by atoms with E-state index >= 15 is 0 Å². The Balaban J connectivity index is 1.78. The van der Waals surface area contributed by atoms with Gasteiger partial charge in [0.05, 0.1) is 20.3 Å². The van der Waals surface area contributed by atoms with Crippen LogP contribution in [0.2, 0.25) is 0 Å². The van der Waals surface area contributed by atoms with Crippen LogP contribution >= 0.6 is 0 Å². The molecule has 1 amide bonds. The molecule has 3 rings (SSSR count). The van der Waals surface area contributed by atoms with E-state index in [0.29, 0.717) is 6.04 Å². The van der Waals surface area contributed by atoms with E-state index in [2.05, 4.69) is 37.8 Å². The van der Waals surface area contributed by atoms with Crippen LogP contribution in [-0.2, 0) is 6.54 Å². The molecule has 0 radical (unpaired) electrons. The topological polar surface area (TPSA) is 42.0 Å². The molecule has 0 aromatic heterocycles. The largest absolute Gasteiger partial charge is 0.497 e. The van der Waals surface area contributed by atoms with Crippen molar-refractivity contribution >= 4 is 5.91 Å². The van der Waals surface area contributed by atoms with Gasteiger partial charge < -0.3 is 14.4 Å². The number of hydrogen-bond acceptors (Lipinski definition) is 4. The second-order valence-corrected chi connectivity index (χ2v) is 8.12. The Bertz CT molecular complexity index is 848. The lowest BCUT2D eigenvalue weighted by Crippen LogP contribution is -2.31. The summed E-state index contributed by atoms with van der Waals surface area (Å²) in [5.74, 6) is 1.60. The van der Waals surface area contributed by atoms with E-state index in [9.17, 15) is 4.79 Å². The molecule has 0 spiro atoms. The molecule has 0 N–H and O–H groups in total. The van der Waals surface area contributed by atoms with Crippen molar-refractivity contribution in [2.75, 3.05) is 27.3 Å². The third kappa shape index (κ3) is 4.78. The summed E-state index contributed by atoms with van der Waals surface area (Å²) in [6.45, 7) is 9.27. The van der Waals surface area contributed by atoms with Crippen LogP contribution in [0.15, 0.2) is 42.5 Å². The maximum Gasteiger partial charge on any atom is 0.254 e. The Kier molecular flexibility index (Phi) is 7.38. The molecule has 1 aliphatic rings. The van der Waals surface area contributed by atoms with Crippen LogP contribution in [0.3, 0.4) is 0 Å². The maximum absolute atomic E-state index is 13.3. The quantitative estimate of drug-likeness (QED) is 0.620. The molecule has 5 nitrogen and oxygen atoms in total. The number of nitrogens with zero attached hydrogens (tertiary/aromatic N) is 2. The molecule has 1 unspecified atom stereocenters. The van der Waals surface area contributed by atoms with Gasteiger partial charge in [0.2, 0.25) is 0 Å². The van der Waals surface area contributed by atoms with Crippen LogP contribution in [0.25, 0.3) is 0 Å². The molecule has 0 aliphatic carbocycles. The molecule has 2 aromatic rings. The molecule has 0 saturated carbocycles. The summed E-state index contributed by atoms with van der Waals surface area (Å²) in [7, 11) is 3.30. The van der Waals surface area contributed by atoms with Crippen molar-refractivity contribution in [2.24, 2.45) is 0 Å². The first-order valence-electron chi connectivity index (χ1n) is 10.8. The van der Waals surface area contributed by atoms with Gasteiger partial charge in [0, 0.05) is 36.3 Å². The smallest absolute Gasteiger partial charge is 0.254 e. The van der Waals surface area contributed by atoms with Crippen molar-refractivity contribution in [3.63, 3.8) is 0 Å². The van der Waals surface area contributed by atoms with E-state index in [1.54, 1.807) is 14.2 Å². The number of ether oxygens (including phenoxy) is 2. The first-order valence-corrected chi connectivity index (χ1v) is 10.8. The normalized spacial score (nSPS) is 16.4. The molecule has 5 heteroatoms. The molecule has 1 atom stereocenters. The number of methoxy groups -OCH3 is 2. The summed E-state index contributed by atoms with van der Waals surface area (Å²) >= 11 is 0. The van der Waals surface area contributed by atoms with E-state index < -0.39 is 0 Å². The highest BCUT2D eigenvalue weighted by Crippen LogP contribution is 2.39. The number of likely N-dealkylation sites (tertiary alicyclic amines) is 1. The summed E-state index contributed by atoms with van der Waals surface area (Å²) in [4.78, 5) is 17.7. The highest BCUT2D eigenvalue weighted by Gasteiger charge is 2.32. The van der Waals surface area contributed by atoms with Crippen LogP contribution in [0.4, 0.5) is 0 Å². The minimum absolute atomic E-state index is 0.0227. The number of benzene rings is 2. The van der Waals surface area contributed by atoms with Crippen LogP contribution in [0.5, 0.6) is 11.5 Å². The fraction of sp³-hybridized carbons (Fsp3) is 0.480. The van der Waals surface area contributed by atoms with E-state index in [0.717, 1.165) is 55.1 Å². The number of carbonyl (C=O) groups excluding carboxylic acids is 1. The van der Waals surface area contributed by atoms with Crippen molar-refractivity contribution in [3.8, 4) is 11.5 Å². The highest BCUT2D eigenvalue weighted by molar-refractivity contribution is 5.94. The first-order chi connectivity index (χ1) is 14.5. The lowest BCUT2D eigenvalue weighted by Gasteiger charge is -2.27. The second kappa shape index (κ2) is 9.98. The fourth-order valence-electron chi connectivity index (χ4n) is 4.24. The summed E-state index contributed by atoms with van der Waals surface area (Å²) in [6, 6.07) is 14.5. The predicted octanol–water partition coefficient (Wildman–Crippen LogP) is 4.91. The zero-order valence-electron chi connectivity index (χ0n) is 18.9. The minimum atomic E-state index is 0.0227. The van der Waals surface area contributed by atoms with Gasteiger partial charge in [-0.05, 0) is 63.1 Å². The van der Waals surface area contributed by atoms with Crippen molar-refractivity contribution in [1.82, 2.24) is 9.80 Å². The van der Waals surface area contributed by atoms with Crippen molar-refractivity contribution in [1.29, 1.82) is 0 Å². The third-order valence-electron chi connectivity index (χ3n) is 6.04. The summed E-state index contributed by atoms with van der Waals surface area (Å²) in [6.07, 6.45) is 1.93. The number of hydrogen-bond donors (Lipinski definition) is 0. The van der Waals surface area contributed by atoms with E-state index in [-0.39, 0.29) is 11.9 Å². The Morgan fingerprint density at radius 2 is 1.87 bits per heavy atom. The van der Waals surface area contributed by atoms with Gasteiger partial charge >= 0.3 is 0 Å². The fourth-order valence-corrected chi connectivity index (χ4v) is 4.24. The van der Waals surface area contributed by atoms with Crippen LogP contribution < -0.4 is 9.47 Å². The molecule has 1 fully saturated rings. The Morgan fingerprint density at radius 1 is 1.13 bits per heavy atom. The Hall–Kier alpha value is -2.53. The van der Waals surface area contributed by atoms with Gasteiger partial charge in [0.25, 0.3) is 5.91 Å². The van der Waals surface area contributed by atoms with Crippen molar-refractivity contribution in [3.05, 3.63) is 59.2 Å². The van der Waals surface area contributed by atoms with Gasteiger partial charge in [-0.3, -0.25) is 9.69 Å². The molecule has 1 aliphatic heterocycles. The summed E-state index contributed by atoms with van der Waals surface area (Å²) < 4.78 is 10.9. The van der Waals surface area contributed by atoms with Gasteiger partial charge in [-0.15, -0.1) is 0 Å². The van der Waals surface area contributed by atoms with Crippen LogP contribution in [0.1, 0.15) is 61.1 Å². The summed E-state index contributed by atoms with van der Waals surface area (Å²) in [5, 5.41) is 0. The second-order valence-electron chi connectivity index (χ2n) is 8.12.